The first-order chi connectivity index (χ1) is 8.33. The first-order valence-corrected chi connectivity index (χ1v) is 4.95. The van der Waals surface area contributed by atoms with Crippen molar-refractivity contribution >= 4 is 12.4 Å². The highest BCUT2D eigenvalue weighted by Gasteiger charge is 2.00. The van der Waals surface area contributed by atoms with Crippen molar-refractivity contribution in [2.75, 3.05) is 0 Å². The molecule has 1 aromatic carbocycles. The van der Waals surface area contributed by atoms with E-state index in [0.29, 0.717) is 6.54 Å². The zero-order valence-corrected chi connectivity index (χ0v) is 10.2. The van der Waals surface area contributed by atoms with E-state index >= 15 is 0 Å². The standard InChI is InChI=1S/C12H9N5.ClH/c13-7-1-2-10-3-5-12(6-4-10)17-9-11(8-14)15-16-17;/h3-6,9H,8,14H2;1H. The summed E-state index contributed by atoms with van der Waals surface area (Å²) in [5.41, 5.74) is 7.85. The van der Waals surface area contributed by atoms with E-state index in [2.05, 4.69) is 22.2 Å². The molecule has 18 heavy (non-hydrogen) atoms. The van der Waals surface area contributed by atoms with Crippen LogP contribution in [0, 0.1) is 23.2 Å². The van der Waals surface area contributed by atoms with Crippen molar-refractivity contribution in [2.24, 2.45) is 5.73 Å². The Labute approximate surface area is 111 Å². The van der Waals surface area contributed by atoms with Gasteiger partial charge in [0.1, 0.15) is 0 Å². The van der Waals surface area contributed by atoms with Crippen LogP contribution in [0.4, 0.5) is 0 Å². The largest absolute Gasteiger partial charge is 0.325 e. The number of hydrogen-bond donors (Lipinski definition) is 1. The SMILES string of the molecule is Cl.N#CC#Cc1ccc(-n2cc(CN)nn2)cc1. The molecule has 2 N–H and O–H groups in total. The van der Waals surface area contributed by atoms with Crippen LogP contribution < -0.4 is 5.73 Å². The maximum absolute atomic E-state index is 8.33. The molecule has 0 spiro atoms. The van der Waals surface area contributed by atoms with E-state index in [-0.39, 0.29) is 12.4 Å². The molecule has 2 rings (SSSR count). The molecule has 0 saturated heterocycles. The van der Waals surface area contributed by atoms with Crippen molar-refractivity contribution in [3.63, 3.8) is 0 Å². The van der Waals surface area contributed by atoms with Crippen LogP contribution in [0.1, 0.15) is 11.3 Å². The molecule has 90 valence electrons. The van der Waals surface area contributed by atoms with Gasteiger partial charge in [0.05, 0.1) is 17.6 Å². The minimum atomic E-state index is 0. The van der Waals surface area contributed by atoms with Crippen LogP contribution in [0.15, 0.2) is 30.5 Å². The topological polar surface area (TPSA) is 80.5 Å². The highest BCUT2D eigenvalue weighted by molar-refractivity contribution is 5.85. The van der Waals surface area contributed by atoms with E-state index in [1.807, 2.05) is 24.3 Å². The molecule has 1 heterocycles. The Morgan fingerprint density at radius 2 is 2.00 bits per heavy atom. The number of halogens is 1. The molecule has 0 atom stereocenters. The Bertz CT molecular complexity index is 612. The average molecular weight is 260 g/mol. The number of nitrogens with two attached hydrogens (primary N) is 1. The lowest BCUT2D eigenvalue weighted by Crippen LogP contribution is -1.96. The molecule has 0 bridgehead atoms. The summed E-state index contributed by atoms with van der Waals surface area (Å²) in [6.45, 7) is 0.367. The molecule has 0 amide bonds. The first kappa shape index (κ1) is 13.7. The van der Waals surface area contributed by atoms with E-state index in [1.165, 1.54) is 0 Å². The van der Waals surface area contributed by atoms with Gasteiger partial charge in [0.2, 0.25) is 0 Å². The molecule has 1 aromatic heterocycles. The summed E-state index contributed by atoms with van der Waals surface area (Å²) in [5, 5.41) is 16.2. The van der Waals surface area contributed by atoms with Gasteiger partial charge >= 0.3 is 0 Å². The second-order valence-electron chi connectivity index (χ2n) is 3.27. The molecule has 5 nitrogen and oxygen atoms in total. The molecule has 0 saturated carbocycles. The minimum Gasteiger partial charge on any atom is -0.325 e. The quantitative estimate of drug-likeness (QED) is 0.817. The number of hydrogen-bond acceptors (Lipinski definition) is 4. The third-order valence-corrected chi connectivity index (χ3v) is 2.14. The maximum atomic E-state index is 8.33. The predicted octanol–water partition coefficient (Wildman–Crippen LogP) is 1.02. The highest BCUT2D eigenvalue weighted by Crippen LogP contribution is 2.08. The average Bonchev–Trinajstić information content (AvgIpc) is 2.86. The lowest BCUT2D eigenvalue weighted by atomic mass is 10.2. The van der Waals surface area contributed by atoms with Crippen molar-refractivity contribution in [1.82, 2.24) is 15.0 Å². The van der Waals surface area contributed by atoms with E-state index in [9.17, 15) is 0 Å². The maximum Gasteiger partial charge on any atom is 0.152 e. The van der Waals surface area contributed by atoms with Gasteiger partial charge in [0, 0.05) is 18.0 Å². The highest BCUT2D eigenvalue weighted by atomic mass is 35.5. The third-order valence-electron chi connectivity index (χ3n) is 2.14. The summed E-state index contributed by atoms with van der Waals surface area (Å²) in [6, 6.07) is 9.13. The van der Waals surface area contributed by atoms with Crippen LogP contribution in [0.25, 0.3) is 5.69 Å². The van der Waals surface area contributed by atoms with Crippen molar-refractivity contribution in [2.45, 2.75) is 6.54 Å². The predicted molar refractivity (Wildman–Crippen MR) is 69.0 cm³/mol. The number of aromatic nitrogens is 3. The van der Waals surface area contributed by atoms with E-state index < -0.39 is 0 Å². The van der Waals surface area contributed by atoms with E-state index in [0.717, 1.165) is 16.9 Å². The fourth-order valence-corrected chi connectivity index (χ4v) is 1.32. The summed E-state index contributed by atoms with van der Waals surface area (Å²) in [4.78, 5) is 0. The van der Waals surface area contributed by atoms with Crippen LogP contribution >= 0.6 is 12.4 Å². The third kappa shape index (κ3) is 3.08. The Morgan fingerprint density at radius 1 is 1.28 bits per heavy atom. The van der Waals surface area contributed by atoms with Gasteiger partial charge in [-0.05, 0) is 24.3 Å². The molecule has 0 unspecified atom stereocenters. The van der Waals surface area contributed by atoms with Crippen LogP contribution in [0.3, 0.4) is 0 Å². The molecule has 0 radical (unpaired) electrons. The number of rotatable bonds is 2. The van der Waals surface area contributed by atoms with Crippen molar-refractivity contribution < 1.29 is 0 Å². The molecular weight excluding hydrogens is 250 g/mol. The van der Waals surface area contributed by atoms with Gasteiger partial charge in [-0.1, -0.05) is 11.1 Å². The normalized spacial score (nSPS) is 8.67. The fourth-order valence-electron chi connectivity index (χ4n) is 1.32. The van der Waals surface area contributed by atoms with Gasteiger partial charge in [-0.25, -0.2) is 4.68 Å². The molecule has 2 aromatic rings. The van der Waals surface area contributed by atoms with Gasteiger partial charge in [-0.15, -0.1) is 17.5 Å². The van der Waals surface area contributed by atoms with Crippen LogP contribution in [-0.4, -0.2) is 15.0 Å². The molecule has 0 aliphatic heterocycles. The Balaban J connectivity index is 0.00000162. The molecule has 0 aliphatic rings. The lowest BCUT2D eigenvalue weighted by Gasteiger charge is -1.98. The fraction of sp³-hybridized carbons (Fsp3) is 0.0833. The zero-order valence-electron chi connectivity index (χ0n) is 9.37. The van der Waals surface area contributed by atoms with E-state index in [1.54, 1.807) is 16.9 Å². The monoisotopic (exact) mass is 259 g/mol. The van der Waals surface area contributed by atoms with Gasteiger partial charge in [0.15, 0.2) is 6.07 Å². The summed E-state index contributed by atoms with van der Waals surface area (Å²) >= 11 is 0. The number of nitrogens with zero attached hydrogens (tertiary/aromatic N) is 4. The Hall–Kier alpha value is -2.34. The number of benzene rings is 1. The van der Waals surface area contributed by atoms with Crippen molar-refractivity contribution in [3.05, 3.63) is 41.7 Å². The van der Waals surface area contributed by atoms with Crippen molar-refractivity contribution in [1.29, 1.82) is 5.26 Å². The number of nitriles is 1. The van der Waals surface area contributed by atoms with Crippen LogP contribution in [0.2, 0.25) is 0 Å². The summed E-state index contributed by atoms with van der Waals surface area (Å²) < 4.78 is 1.64. The summed E-state index contributed by atoms with van der Waals surface area (Å²) in [7, 11) is 0. The van der Waals surface area contributed by atoms with Gasteiger partial charge in [0.25, 0.3) is 0 Å². The first-order valence-electron chi connectivity index (χ1n) is 4.95. The Morgan fingerprint density at radius 3 is 2.56 bits per heavy atom. The minimum absolute atomic E-state index is 0. The zero-order chi connectivity index (χ0) is 12.1. The smallest absolute Gasteiger partial charge is 0.152 e. The summed E-state index contributed by atoms with van der Waals surface area (Å²) in [6.07, 6.45) is 1.77. The van der Waals surface area contributed by atoms with Crippen LogP contribution in [-0.2, 0) is 6.54 Å². The second-order valence-corrected chi connectivity index (χ2v) is 3.27. The van der Waals surface area contributed by atoms with E-state index in [4.69, 9.17) is 11.0 Å². The molecule has 0 aliphatic carbocycles. The molecule has 0 fully saturated rings. The molecule has 6 heteroatoms. The second kappa shape index (κ2) is 6.41. The van der Waals surface area contributed by atoms with Gasteiger partial charge in [-0.2, -0.15) is 5.26 Å². The lowest BCUT2D eigenvalue weighted by molar-refractivity contribution is 0.796. The molecular formula is C12H10ClN5. The van der Waals surface area contributed by atoms with Crippen molar-refractivity contribution in [3.8, 4) is 23.6 Å². The Kier molecular flexibility index (Phi) is 4.89. The van der Waals surface area contributed by atoms with Crippen LogP contribution in [0.5, 0.6) is 0 Å². The summed E-state index contributed by atoms with van der Waals surface area (Å²) in [5.74, 6) is 5.05. The van der Waals surface area contributed by atoms with Gasteiger partial charge < -0.3 is 5.73 Å². The van der Waals surface area contributed by atoms with Gasteiger partial charge in [-0.3, -0.25) is 0 Å².